The number of nitrogens with one attached hydrogen (secondary N) is 1. The third kappa shape index (κ3) is 2.53. The predicted octanol–water partition coefficient (Wildman–Crippen LogP) is 4.91. The van der Waals surface area contributed by atoms with Gasteiger partial charge in [0.25, 0.3) is 5.56 Å². The van der Waals surface area contributed by atoms with Crippen LogP contribution in [-0.2, 0) is 12.8 Å². The van der Waals surface area contributed by atoms with E-state index < -0.39 is 0 Å². The summed E-state index contributed by atoms with van der Waals surface area (Å²) in [4.78, 5) is 15.9. The minimum atomic E-state index is -0.00518. The lowest BCUT2D eigenvalue weighted by Gasteiger charge is -2.33. The predicted molar refractivity (Wildman–Crippen MR) is 116 cm³/mol. The summed E-state index contributed by atoms with van der Waals surface area (Å²) in [5.74, 6) is 1.16. The van der Waals surface area contributed by atoms with E-state index in [1.165, 1.54) is 10.4 Å². The maximum atomic E-state index is 13.6. The fraction of sp³-hybridized carbons (Fsp3) is 0.381. The Morgan fingerprint density at radius 2 is 2.00 bits per heavy atom. The molecule has 3 heterocycles. The number of nitrogens with zero attached hydrogens (tertiary/aromatic N) is 3. The van der Waals surface area contributed by atoms with E-state index in [9.17, 15) is 4.79 Å². The number of hydrogen-bond acceptors (Lipinski definition) is 4. The number of benzene rings is 1. The standard InChI is InChI=1S/C21H22N4OS2/c1-21(2,3)12-9-10-14-15(11-12)28-18-16(14)17(26)24(13-7-5-4-6-8-13)19-22-23-20(27)25(18)19/h4-8,12H,9-11H2,1-3H3,(H,23,27). The molecule has 0 fully saturated rings. The van der Waals surface area contributed by atoms with Crippen LogP contribution >= 0.6 is 23.6 Å². The molecule has 144 valence electrons. The molecule has 1 aromatic carbocycles. The normalized spacial score (nSPS) is 17.3. The Labute approximate surface area is 171 Å². The second-order valence-electron chi connectivity index (χ2n) is 8.63. The summed E-state index contributed by atoms with van der Waals surface area (Å²) in [6.45, 7) is 6.92. The van der Waals surface area contributed by atoms with Gasteiger partial charge in [-0.3, -0.25) is 4.79 Å². The van der Waals surface area contributed by atoms with Gasteiger partial charge in [0.2, 0.25) is 10.5 Å². The largest absolute Gasteiger partial charge is 0.268 e. The first-order valence-corrected chi connectivity index (χ1v) is 10.8. The lowest BCUT2D eigenvalue weighted by Crippen LogP contribution is -2.27. The molecule has 1 aliphatic carbocycles. The van der Waals surface area contributed by atoms with Crippen molar-refractivity contribution < 1.29 is 0 Å². The quantitative estimate of drug-likeness (QED) is 0.454. The SMILES string of the molecule is CC(C)(C)C1CCc2c(sc3c2c(=O)n(-c2ccccc2)c2n[nH]c(=S)n32)C1. The van der Waals surface area contributed by atoms with Gasteiger partial charge >= 0.3 is 0 Å². The summed E-state index contributed by atoms with van der Waals surface area (Å²) in [7, 11) is 0. The Morgan fingerprint density at radius 1 is 1.25 bits per heavy atom. The van der Waals surface area contributed by atoms with Gasteiger partial charge in [0.15, 0.2) is 0 Å². The summed E-state index contributed by atoms with van der Waals surface area (Å²) >= 11 is 7.24. The van der Waals surface area contributed by atoms with Crippen LogP contribution in [0.2, 0.25) is 0 Å². The van der Waals surface area contributed by atoms with Gasteiger partial charge in [-0.05, 0) is 60.5 Å². The van der Waals surface area contributed by atoms with Gasteiger partial charge in [-0.25, -0.2) is 14.1 Å². The molecular weight excluding hydrogens is 388 g/mol. The highest BCUT2D eigenvalue weighted by Gasteiger charge is 2.32. The van der Waals surface area contributed by atoms with Gasteiger partial charge in [-0.2, -0.15) is 0 Å². The molecule has 1 N–H and O–H groups in total. The Balaban J connectivity index is 1.87. The van der Waals surface area contributed by atoms with Crippen LogP contribution in [0.15, 0.2) is 35.1 Å². The molecule has 0 saturated heterocycles. The Morgan fingerprint density at radius 3 is 2.71 bits per heavy atom. The molecule has 5 nitrogen and oxygen atoms in total. The Kier molecular flexibility index (Phi) is 3.90. The highest BCUT2D eigenvalue weighted by atomic mass is 32.1. The molecule has 4 aromatic rings. The number of rotatable bonds is 1. The summed E-state index contributed by atoms with van der Waals surface area (Å²) in [5.41, 5.74) is 2.27. The van der Waals surface area contributed by atoms with Crippen molar-refractivity contribution >= 4 is 39.5 Å². The van der Waals surface area contributed by atoms with E-state index in [0.717, 1.165) is 35.2 Å². The highest BCUT2D eigenvalue weighted by Crippen LogP contribution is 2.42. The van der Waals surface area contributed by atoms with Gasteiger partial charge in [-0.1, -0.05) is 39.0 Å². The fourth-order valence-electron chi connectivity index (χ4n) is 4.32. The van der Waals surface area contributed by atoms with Gasteiger partial charge in [0.1, 0.15) is 4.83 Å². The second-order valence-corrected chi connectivity index (χ2v) is 10.1. The van der Waals surface area contributed by atoms with Crippen LogP contribution in [0.1, 0.15) is 37.6 Å². The molecule has 7 heteroatoms. The number of aromatic amines is 1. The van der Waals surface area contributed by atoms with E-state index >= 15 is 0 Å². The molecular formula is C21H22N4OS2. The Hall–Kier alpha value is -2.25. The first kappa shape index (κ1) is 17.8. The number of para-hydroxylation sites is 1. The van der Waals surface area contributed by atoms with Crippen LogP contribution < -0.4 is 5.56 Å². The number of fused-ring (bicyclic) bond motifs is 5. The van der Waals surface area contributed by atoms with Gasteiger partial charge < -0.3 is 0 Å². The van der Waals surface area contributed by atoms with Crippen molar-refractivity contribution in [2.75, 3.05) is 0 Å². The molecule has 28 heavy (non-hydrogen) atoms. The smallest absolute Gasteiger partial charge is 0.268 e. The van der Waals surface area contributed by atoms with Gasteiger partial charge in [0.05, 0.1) is 11.1 Å². The number of aromatic nitrogens is 4. The molecule has 3 aromatic heterocycles. The van der Waals surface area contributed by atoms with Crippen LogP contribution in [0.4, 0.5) is 0 Å². The van der Waals surface area contributed by atoms with Gasteiger partial charge in [0, 0.05) is 4.88 Å². The first-order valence-electron chi connectivity index (χ1n) is 9.58. The summed E-state index contributed by atoms with van der Waals surface area (Å²) < 4.78 is 4.13. The van der Waals surface area contributed by atoms with E-state index in [1.54, 1.807) is 15.9 Å². The molecule has 0 bridgehead atoms. The topological polar surface area (TPSA) is 55.1 Å². The second kappa shape index (κ2) is 6.12. The van der Waals surface area contributed by atoms with E-state index in [1.807, 2.05) is 34.7 Å². The van der Waals surface area contributed by atoms with E-state index in [2.05, 4.69) is 31.0 Å². The molecule has 5 rings (SSSR count). The molecule has 0 radical (unpaired) electrons. The number of H-pyrrole nitrogens is 1. The fourth-order valence-corrected chi connectivity index (χ4v) is 6.02. The van der Waals surface area contributed by atoms with Crippen molar-refractivity contribution in [3.63, 3.8) is 0 Å². The van der Waals surface area contributed by atoms with Crippen molar-refractivity contribution in [1.29, 1.82) is 0 Å². The van der Waals surface area contributed by atoms with E-state index in [4.69, 9.17) is 12.2 Å². The lowest BCUT2D eigenvalue weighted by atomic mass is 9.72. The zero-order valence-corrected chi connectivity index (χ0v) is 17.8. The average molecular weight is 411 g/mol. The minimum Gasteiger partial charge on any atom is -0.268 e. The Bertz CT molecular complexity index is 1320. The summed E-state index contributed by atoms with van der Waals surface area (Å²) in [6, 6.07) is 9.67. The van der Waals surface area contributed by atoms with Crippen molar-refractivity contribution in [1.82, 2.24) is 19.2 Å². The molecule has 1 atom stereocenters. The van der Waals surface area contributed by atoms with Crippen molar-refractivity contribution in [3.05, 3.63) is 55.9 Å². The van der Waals surface area contributed by atoms with Gasteiger partial charge in [-0.15, -0.1) is 16.4 Å². The number of hydrogen-bond donors (Lipinski definition) is 1. The van der Waals surface area contributed by atoms with Crippen molar-refractivity contribution in [2.24, 2.45) is 11.3 Å². The average Bonchev–Trinajstić information content (AvgIpc) is 3.22. The summed E-state index contributed by atoms with van der Waals surface area (Å²) in [5, 5.41) is 8.07. The third-order valence-corrected chi connectivity index (χ3v) is 7.47. The molecule has 1 unspecified atom stereocenters. The van der Waals surface area contributed by atoms with Crippen LogP contribution in [0.3, 0.4) is 0 Å². The molecule has 0 spiro atoms. The van der Waals surface area contributed by atoms with E-state index in [0.29, 0.717) is 16.5 Å². The highest BCUT2D eigenvalue weighted by molar-refractivity contribution is 7.71. The van der Waals surface area contributed by atoms with Crippen molar-refractivity contribution in [3.8, 4) is 5.69 Å². The minimum absolute atomic E-state index is 0.00518. The maximum Gasteiger partial charge on any atom is 0.268 e. The first-order chi connectivity index (χ1) is 13.4. The van der Waals surface area contributed by atoms with Crippen LogP contribution in [0.25, 0.3) is 21.7 Å². The monoisotopic (exact) mass is 410 g/mol. The molecule has 0 amide bonds. The maximum absolute atomic E-state index is 13.6. The summed E-state index contributed by atoms with van der Waals surface area (Å²) in [6.07, 6.45) is 3.08. The molecule has 0 aliphatic heterocycles. The van der Waals surface area contributed by atoms with Crippen LogP contribution in [0.5, 0.6) is 0 Å². The zero-order valence-electron chi connectivity index (χ0n) is 16.2. The zero-order chi connectivity index (χ0) is 19.6. The van der Waals surface area contributed by atoms with Crippen molar-refractivity contribution in [2.45, 2.75) is 40.0 Å². The molecule has 1 aliphatic rings. The number of aryl methyl sites for hydroxylation is 1. The number of thiophene rings is 1. The van der Waals surface area contributed by atoms with Crippen LogP contribution in [-0.4, -0.2) is 19.2 Å². The third-order valence-electron chi connectivity index (χ3n) is 5.96. The van der Waals surface area contributed by atoms with E-state index in [-0.39, 0.29) is 11.0 Å². The van der Waals surface area contributed by atoms with Crippen LogP contribution in [0, 0.1) is 16.1 Å². The molecule has 0 saturated carbocycles. The lowest BCUT2D eigenvalue weighted by molar-refractivity contribution is 0.218.